The van der Waals surface area contributed by atoms with Crippen LogP contribution in [0.2, 0.25) is 0 Å². The van der Waals surface area contributed by atoms with Gasteiger partial charge in [-0.15, -0.1) is 0 Å². The van der Waals surface area contributed by atoms with Crippen LogP contribution in [0.4, 0.5) is 0 Å². The summed E-state index contributed by atoms with van der Waals surface area (Å²) < 4.78 is 0. The first-order valence-corrected chi connectivity index (χ1v) is 5.72. The van der Waals surface area contributed by atoms with E-state index in [9.17, 15) is 4.79 Å². The van der Waals surface area contributed by atoms with E-state index in [0.717, 1.165) is 25.7 Å². The molecule has 2 fully saturated rings. The lowest BCUT2D eigenvalue weighted by molar-refractivity contribution is -0.126. The predicted octanol–water partition coefficient (Wildman–Crippen LogP) is 1.17. The molecule has 80 valence electrons. The zero-order valence-corrected chi connectivity index (χ0v) is 8.88. The fourth-order valence-electron chi connectivity index (χ4n) is 2.30. The maximum atomic E-state index is 11.9. The van der Waals surface area contributed by atoms with Crippen molar-refractivity contribution >= 4 is 5.91 Å². The highest BCUT2D eigenvalue weighted by Crippen LogP contribution is 2.33. The van der Waals surface area contributed by atoms with Gasteiger partial charge in [0.15, 0.2) is 0 Å². The van der Waals surface area contributed by atoms with Crippen molar-refractivity contribution in [1.82, 2.24) is 5.32 Å². The van der Waals surface area contributed by atoms with Gasteiger partial charge in [0.1, 0.15) is 0 Å². The van der Waals surface area contributed by atoms with Crippen molar-refractivity contribution < 1.29 is 4.79 Å². The van der Waals surface area contributed by atoms with Gasteiger partial charge in [0.25, 0.3) is 0 Å². The average Bonchev–Trinajstić information content (AvgIpc) is 2.90. The van der Waals surface area contributed by atoms with Crippen molar-refractivity contribution in [2.24, 2.45) is 11.7 Å². The van der Waals surface area contributed by atoms with E-state index in [2.05, 4.69) is 12.2 Å². The molecule has 1 unspecified atom stereocenters. The Labute approximate surface area is 85.4 Å². The highest BCUT2D eigenvalue weighted by Gasteiger charge is 2.39. The minimum Gasteiger partial charge on any atom is -0.352 e. The molecule has 3 heteroatoms. The number of rotatable bonds is 3. The summed E-state index contributed by atoms with van der Waals surface area (Å²) in [6, 6.07) is 0.323. The molecular weight excluding hydrogens is 176 g/mol. The fraction of sp³-hybridized carbons (Fsp3) is 0.909. The van der Waals surface area contributed by atoms with Gasteiger partial charge in [0.05, 0.1) is 5.54 Å². The van der Waals surface area contributed by atoms with Crippen LogP contribution >= 0.6 is 0 Å². The minimum atomic E-state index is -0.552. The molecule has 2 aliphatic carbocycles. The highest BCUT2D eigenvalue weighted by atomic mass is 16.2. The van der Waals surface area contributed by atoms with Gasteiger partial charge in [-0.05, 0) is 38.5 Å². The van der Waals surface area contributed by atoms with E-state index < -0.39 is 5.54 Å². The SMILES string of the molecule is CC(NC(=O)C1(N)CCCC1)C1CC1. The first-order valence-electron chi connectivity index (χ1n) is 5.72. The van der Waals surface area contributed by atoms with E-state index in [1.54, 1.807) is 0 Å². The van der Waals surface area contributed by atoms with E-state index in [-0.39, 0.29) is 5.91 Å². The number of carbonyl (C=O) groups excluding carboxylic acids is 1. The van der Waals surface area contributed by atoms with E-state index in [0.29, 0.717) is 12.0 Å². The summed E-state index contributed by atoms with van der Waals surface area (Å²) >= 11 is 0. The van der Waals surface area contributed by atoms with Crippen LogP contribution in [0, 0.1) is 5.92 Å². The Balaban J connectivity index is 1.87. The van der Waals surface area contributed by atoms with Crippen molar-refractivity contribution in [3.63, 3.8) is 0 Å². The number of hydrogen-bond donors (Lipinski definition) is 2. The second-order valence-electron chi connectivity index (χ2n) is 4.96. The third-order valence-electron chi connectivity index (χ3n) is 3.64. The van der Waals surface area contributed by atoms with Crippen molar-refractivity contribution in [2.45, 2.75) is 57.0 Å². The van der Waals surface area contributed by atoms with Crippen LogP contribution in [0.15, 0.2) is 0 Å². The van der Waals surface area contributed by atoms with Crippen LogP contribution in [0.25, 0.3) is 0 Å². The molecular formula is C11H20N2O. The van der Waals surface area contributed by atoms with Gasteiger partial charge in [-0.3, -0.25) is 4.79 Å². The van der Waals surface area contributed by atoms with Gasteiger partial charge in [-0.1, -0.05) is 12.8 Å². The topological polar surface area (TPSA) is 55.1 Å². The molecule has 0 saturated heterocycles. The Hall–Kier alpha value is -0.570. The highest BCUT2D eigenvalue weighted by molar-refractivity contribution is 5.86. The Bertz CT molecular complexity index is 229. The molecule has 0 bridgehead atoms. The number of carbonyl (C=O) groups is 1. The van der Waals surface area contributed by atoms with E-state index in [1.807, 2.05) is 0 Å². The molecule has 3 N–H and O–H groups in total. The molecule has 2 saturated carbocycles. The maximum absolute atomic E-state index is 11.9. The lowest BCUT2D eigenvalue weighted by atomic mass is 9.97. The summed E-state index contributed by atoms with van der Waals surface area (Å²) in [5.41, 5.74) is 5.51. The molecule has 0 radical (unpaired) electrons. The predicted molar refractivity (Wildman–Crippen MR) is 55.7 cm³/mol. The van der Waals surface area contributed by atoms with Gasteiger partial charge >= 0.3 is 0 Å². The van der Waals surface area contributed by atoms with Crippen LogP contribution in [0.1, 0.15) is 45.4 Å². The molecule has 1 amide bonds. The monoisotopic (exact) mass is 196 g/mol. The summed E-state index contributed by atoms with van der Waals surface area (Å²) in [5.74, 6) is 0.790. The summed E-state index contributed by atoms with van der Waals surface area (Å²) in [6.45, 7) is 2.09. The minimum absolute atomic E-state index is 0.0781. The molecule has 0 aliphatic heterocycles. The molecule has 14 heavy (non-hydrogen) atoms. The van der Waals surface area contributed by atoms with Gasteiger partial charge < -0.3 is 11.1 Å². The van der Waals surface area contributed by atoms with Crippen molar-refractivity contribution in [2.75, 3.05) is 0 Å². The quantitative estimate of drug-likeness (QED) is 0.712. The van der Waals surface area contributed by atoms with Crippen LogP contribution in [-0.2, 0) is 4.79 Å². The summed E-state index contributed by atoms with van der Waals surface area (Å²) in [4.78, 5) is 11.9. The van der Waals surface area contributed by atoms with E-state index >= 15 is 0 Å². The molecule has 2 rings (SSSR count). The van der Waals surface area contributed by atoms with Crippen LogP contribution in [0.5, 0.6) is 0 Å². The molecule has 0 heterocycles. The molecule has 1 atom stereocenters. The summed E-state index contributed by atoms with van der Waals surface area (Å²) in [7, 11) is 0. The number of amides is 1. The first-order chi connectivity index (χ1) is 6.62. The van der Waals surface area contributed by atoms with E-state index in [4.69, 9.17) is 5.73 Å². The van der Waals surface area contributed by atoms with Crippen molar-refractivity contribution in [3.8, 4) is 0 Å². The lowest BCUT2D eigenvalue weighted by Crippen LogP contribution is -2.54. The third-order valence-corrected chi connectivity index (χ3v) is 3.64. The summed E-state index contributed by atoms with van der Waals surface area (Å²) in [5, 5.41) is 3.06. The van der Waals surface area contributed by atoms with Gasteiger partial charge in [-0.2, -0.15) is 0 Å². The average molecular weight is 196 g/mol. The fourth-order valence-corrected chi connectivity index (χ4v) is 2.30. The standard InChI is InChI=1S/C11H20N2O/c1-8(9-4-5-9)13-10(14)11(12)6-2-3-7-11/h8-9H,2-7,12H2,1H3,(H,13,14). The zero-order chi connectivity index (χ0) is 10.2. The van der Waals surface area contributed by atoms with Gasteiger partial charge in [0, 0.05) is 6.04 Å². The smallest absolute Gasteiger partial charge is 0.240 e. The second-order valence-corrected chi connectivity index (χ2v) is 4.96. The maximum Gasteiger partial charge on any atom is 0.240 e. The van der Waals surface area contributed by atoms with Crippen LogP contribution < -0.4 is 11.1 Å². The molecule has 0 aromatic heterocycles. The molecule has 0 aromatic rings. The Morgan fingerprint density at radius 3 is 2.50 bits per heavy atom. The van der Waals surface area contributed by atoms with E-state index in [1.165, 1.54) is 12.8 Å². The molecule has 0 aromatic carbocycles. The second kappa shape index (κ2) is 3.54. The molecule has 0 spiro atoms. The summed E-state index contributed by atoms with van der Waals surface area (Å²) in [6.07, 6.45) is 6.44. The Morgan fingerprint density at radius 2 is 2.00 bits per heavy atom. The Morgan fingerprint density at radius 1 is 1.43 bits per heavy atom. The molecule has 3 nitrogen and oxygen atoms in total. The first kappa shape index (κ1) is 9.97. The normalized spacial score (nSPS) is 27.3. The van der Waals surface area contributed by atoms with Gasteiger partial charge in [-0.25, -0.2) is 0 Å². The van der Waals surface area contributed by atoms with Crippen LogP contribution in [0.3, 0.4) is 0 Å². The van der Waals surface area contributed by atoms with Crippen molar-refractivity contribution in [3.05, 3.63) is 0 Å². The zero-order valence-electron chi connectivity index (χ0n) is 8.88. The van der Waals surface area contributed by atoms with Crippen LogP contribution in [-0.4, -0.2) is 17.5 Å². The molecule has 2 aliphatic rings. The largest absolute Gasteiger partial charge is 0.352 e. The number of nitrogens with two attached hydrogens (primary N) is 1. The van der Waals surface area contributed by atoms with Gasteiger partial charge in [0.2, 0.25) is 5.91 Å². The van der Waals surface area contributed by atoms with Crippen molar-refractivity contribution in [1.29, 1.82) is 0 Å². The number of hydrogen-bond acceptors (Lipinski definition) is 2. The lowest BCUT2D eigenvalue weighted by Gasteiger charge is -2.25. The third kappa shape index (κ3) is 1.92. The Kier molecular flexibility index (Phi) is 2.52. The number of nitrogens with one attached hydrogen (secondary N) is 1.